The van der Waals surface area contributed by atoms with Crippen molar-refractivity contribution in [3.05, 3.63) is 0 Å². The minimum Gasteiger partial charge on any atom is -0.300 e. The molecule has 0 aliphatic heterocycles. The quantitative estimate of drug-likeness (QED) is 0.566. The Labute approximate surface area is 112 Å². The fraction of sp³-hybridized carbons (Fsp3) is 0.818. The number of nitrogens with zero attached hydrogens (tertiary/aromatic N) is 5. The highest BCUT2D eigenvalue weighted by atomic mass is 32.2. The number of aryl methyl sites for hydroxylation is 1. The molecular weight excluding hydrogens is 248 g/mol. The van der Waals surface area contributed by atoms with E-state index in [1.54, 1.807) is 16.4 Å². The summed E-state index contributed by atoms with van der Waals surface area (Å²) in [4.78, 5) is 0. The van der Waals surface area contributed by atoms with Crippen LogP contribution in [-0.2, 0) is 7.05 Å². The maximum atomic E-state index is 9.18. The number of hydrogen-bond donors (Lipinski definition) is 1. The number of rotatable bonds is 8. The van der Waals surface area contributed by atoms with E-state index in [-0.39, 0.29) is 0 Å². The van der Waals surface area contributed by atoms with Gasteiger partial charge in [0.05, 0.1) is 6.07 Å². The van der Waals surface area contributed by atoms with Crippen LogP contribution in [0.4, 0.5) is 0 Å². The molecule has 0 spiro atoms. The molecule has 1 aromatic heterocycles. The van der Waals surface area contributed by atoms with Crippen LogP contribution in [0.2, 0.25) is 0 Å². The second kappa shape index (κ2) is 7.34. The van der Waals surface area contributed by atoms with E-state index < -0.39 is 5.54 Å². The molecule has 6 nitrogen and oxygen atoms in total. The van der Waals surface area contributed by atoms with E-state index in [9.17, 15) is 5.26 Å². The van der Waals surface area contributed by atoms with Crippen molar-refractivity contribution in [2.75, 3.05) is 12.3 Å². The minimum absolute atomic E-state index is 0.422. The van der Waals surface area contributed by atoms with Gasteiger partial charge in [-0.25, -0.2) is 4.68 Å². The lowest BCUT2D eigenvalue weighted by molar-refractivity contribution is 0.415. The SMILES string of the molecule is CCCNC(C)(C#N)CCCSc1nnnn1C. The molecule has 1 N–H and O–H groups in total. The van der Waals surface area contributed by atoms with Gasteiger partial charge in [-0.2, -0.15) is 5.26 Å². The fourth-order valence-electron chi connectivity index (χ4n) is 1.52. The summed E-state index contributed by atoms with van der Waals surface area (Å²) in [5.41, 5.74) is -0.422. The van der Waals surface area contributed by atoms with Gasteiger partial charge in [-0.05, 0) is 43.2 Å². The predicted molar refractivity (Wildman–Crippen MR) is 71.1 cm³/mol. The minimum atomic E-state index is -0.422. The standard InChI is InChI=1S/C11H20N6S/c1-4-7-13-11(2,9-12)6-5-8-18-10-14-15-16-17(10)3/h13H,4-8H2,1-3H3. The third kappa shape index (κ3) is 4.63. The molecule has 1 aromatic rings. The molecule has 0 aliphatic rings. The predicted octanol–water partition coefficient (Wildman–Crippen LogP) is 1.36. The van der Waals surface area contributed by atoms with E-state index in [0.29, 0.717) is 0 Å². The molecule has 1 unspecified atom stereocenters. The van der Waals surface area contributed by atoms with Crippen molar-refractivity contribution in [2.45, 2.75) is 43.8 Å². The summed E-state index contributed by atoms with van der Waals surface area (Å²) in [7, 11) is 1.82. The molecule has 0 amide bonds. The Morgan fingerprint density at radius 1 is 1.56 bits per heavy atom. The zero-order chi connectivity index (χ0) is 13.4. The number of aromatic nitrogens is 4. The smallest absolute Gasteiger partial charge is 0.209 e. The zero-order valence-electron chi connectivity index (χ0n) is 11.2. The first kappa shape index (κ1) is 14.9. The summed E-state index contributed by atoms with van der Waals surface area (Å²) in [5.74, 6) is 0.916. The Kier molecular flexibility index (Phi) is 6.09. The zero-order valence-corrected chi connectivity index (χ0v) is 12.0. The van der Waals surface area contributed by atoms with Crippen molar-refractivity contribution in [1.29, 1.82) is 5.26 Å². The van der Waals surface area contributed by atoms with Gasteiger partial charge < -0.3 is 0 Å². The number of nitrogens with one attached hydrogen (secondary N) is 1. The van der Waals surface area contributed by atoms with Crippen LogP contribution in [0.5, 0.6) is 0 Å². The van der Waals surface area contributed by atoms with Crippen molar-refractivity contribution in [3.63, 3.8) is 0 Å². The third-order valence-electron chi connectivity index (χ3n) is 2.65. The van der Waals surface area contributed by atoms with Crippen molar-refractivity contribution >= 4 is 11.8 Å². The Morgan fingerprint density at radius 3 is 2.89 bits per heavy atom. The van der Waals surface area contributed by atoms with Gasteiger partial charge in [0, 0.05) is 12.8 Å². The van der Waals surface area contributed by atoms with Crippen molar-refractivity contribution in [3.8, 4) is 6.07 Å². The summed E-state index contributed by atoms with van der Waals surface area (Å²) in [6, 6.07) is 2.35. The van der Waals surface area contributed by atoms with E-state index in [4.69, 9.17) is 0 Å². The Bertz CT molecular complexity index is 398. The number of tetrazole rings is 1. The normalized spacial score (nSPS) is 14.1. The summed E-state index contributed by atoms with van der Waals surface area (Å²) < 4.78 is 1.66. The summed E-state index contributed by atoms with van der Waals surface area (Å²) in [6.45, 7) is 4.93. The lowest BCUT2D eigenvalue weighted by atomic mass is 9.98. The van der Waals surface area contributed by atoms with Crippen LogP contribution >= 0.6 is 11.8 Å². The van der Waals surface area contributed by atoms with Gasteiger partial charge in [0.1, 0.15) is 5.54 Å². The van der Waals surface area contributed by atoms with E-state index >= 15 is 0 Å². The molecule has 100 valence electrons. The van der Waals surface area contributed by atoms with Gasteiger partial charge >= 0.3 is 0 Å². The van der Waals surface area contributed by atoms with Crippen LogP contribution in [0.15, 0.2) is 5.16 Å². The Morgan fingerprint density at radius 2 is 2.33 bits per heavy atom. The lowest BCUT2D eigenvalue weighted by Gasteiger charge is -2.22. The number of thioether (sulfide) groups is 1. The van der Waals surface area contributed by atoms with Crippen LogP contribution in [0, 0.1) is 11.3 Å². The van der Waals surface area contributed by atoms with E-state index in [1.807, 2.05) is 14.0 Å². The molecule has 0 saturated carbocycles. The van der Waals surface area contributed by atoms with Crippen LogP contribution in [0.25, 0.3) is 0 Å². The maximum absolute atomic E-state index is 9.18. The first-order valence-corrected chi connectivity index (χ1v) is 7.11. The van der Waals surface area contributed by atoms with Gasteiger partial charge in [-0.1, -0.05) is 18.7 Å². The molecule has 0 aromatic carbocycles. The monoisotopic (exact) mass is 268 g/mol. The highest BCUT2D eigenvalue weighted by molar-refractivity contribution is 7.99. The summed E-state index contributed by atoms with van der Waals surface area (Å²) in [5, 5.41) is 24.5. The molecule has 0 saturated heterocycles. The van der Waals surface area contributed by atoms with Crippen LogP contribution in [-0.4, -0.2) is 38.0 Å². The van der Waals surface area contributed by atoms with E-state index in [2.05, 4.69) is 33.8 Å². The summed E-state index contributed by atoms with van der Waals surface area (Å²) in [6.07, 6.45) is 2.83. The average molecular weight is 268 g/mol. The molecule has 1 heterocycles. The van der Waals surface area contributed by atoms with Gasteiger partial charge in [0.2, 0.25) is 5.16 Å². The van der Waals surface area contributed by atoms with Crippen LogP contribution in [0.1, 0.15) is 33.1 Å². The molecule has 0 fully saturated rings. The van der Waals surface area contributed by atoms with Crippen LogP contribution in [0.3, 0.4) is 0 Å². The Balaban J connectivity index is 2.28. The fourth-order valence-corrected chi connectivity index (χ4v) is 2.31. The largest absolute Gasteiger partial charge is 0.300 e. The maximum Gasteiger partial charge on any atom is 0.209 e. The van der Waals surface area contributed by atoms with Crippen molar-refractivity contribution in [1.82, 2.24) is 25.5 Å². The Hall–Kier alpha value is -1.13. The molecule has 18 heavy (non-hydrogen) atoms. The molecule has 1 atom stereocenters. The van der Waals surface area contributed by atoms with E-state index in [0.717, 1.165) is 36.7 Å². The van der Waals surface area contributed by atoms with Crippen molar-refractivity contribution < 1.29 is 0 Å². The second-order valence-corrected chi connectivity index (χ2v) is 5.47. The number of nitriles is 1. The topological polar surface area (TPSA) is 79.4 Å². The molecule has 1 rings (SSSR count). The van der Waals surface area contributed by atoms with E-state index in [1.165, 1.54) is 0 Å². The highest BCUT2D eigenvalue weighted by Gasteiger charge is 2.21. The average Bonchev–Trinajstić information content (AvgIpc) is 2.78. The second-order valence-electron chi connectivity index (χ2n) is 4.41. The van der Waals surface area contributed by atoms with Gasteiger partial charge in [0.15, 0.2) is 0 Å². The first-order valence-electron chi connectivity index (χ1n) is 6.13. The van der Waals surface area contributed by atoms with Gasteiger partial charge in [0.25, 0.3) is 0 Å². The molecule has 7 heteroatoms. The molecule has 0 aliphatic carbocycles. The first-order chi connectivity index (χ1) is 8.61. The third-order valence-corrected chi connectivity index (χ3v) is 3.74. The highest BCUT2D eigenvalue weighted by Crippen LogP contribution is 2.18. The van der Waals surface area contributed by atoms with Crippen LogP contribution < -0.4 is 5.32 Å². The summed E-state index contributed by atoms with van der Waals surface area (Å²) >= 11 is 1.62. The molecular formula is C11H20N6S. The lowest BCUT2D eigenvalue weighted by Crippen LogP contribution is -2.41. The molecule has 0 radical (unpaired) electrons. The van der Waals surface area contributed by atoms with Crippen molar-refractivity contribution in [2.24, 2.45) is 7.05 Å². The molecule has 0 bridgehead atoms. The van der Waals surface area contributed by atoms with Gasteiger partial charge in [-0.3, -0.25) is 5.32 Å². The van der Waals surface area contributed by atoms with Gasteiger partial charge in [-0.15, -0.1) is 5.10 Å². The number of hydrogen-bond acceptors (Lipinski definition) is 6.